The molecule has 0 saturated heterocycles. The third-order valence-electron chi connectivity index (χ3n) is 3.22. The fraction of sp³-hybridized carbons (Fsp3) is 0.600. The molecule has 0 fully saturated rings. The van der Waals surface area contributed by atoms with Crippen LogP contribution in [0.25, 0.3) is 0 Å². The molecular formula is C15H25NO. The van der Waals surface area contributed by atoms with Crippen LogP contribution in [0.15, 0.2) is 12.1 Å². The lowest BCUT2D eigenvalue weighted by atomic mass is 9.94. The van der Waals surface area contributed by atoms with Crippen molar-refractivity contribution in [1.29, 1.82) is 0 Å². The molecule has 1 rings (SSSR count). The molecule has 2 heteroatoms. The van der Waals surface area contributed by atoms with Gasteiger partial charge in [0, 0.05) is 12.6 Å². The van der Waals surface area contributed by atoms with Crippen LogP contribution in [-0.2, 0) is 11.2 Å². The monoisotopic (exact) mass is 235 g/mol. The van der Waals surface area contributed by atoms with Gasteiger partial charge in [0.1, 0.15) is 0 Å². The highest BCUT2D eigenvalue weighted by molar-refractivity contribution is 5.38. The van der Waals surface area contributed by atoms with E-state index in [2.05, 4.69) is 38.2 Å². The molecule has 0 radical (unpaired) electrons. The Bertz CT molecular complexity index is 337. The summed E-state index contributed by atoms with van der Waals surface area (Å²) in [6.45, 7) is 10.1. The van der Waals surface area contributed by atoms with E-state index in [1.54, 1.807) is 0 Å². The summed E-state index contributed by atoms with van der Waals surface area (Å²) in [5, 5.41) is 3.33. The molecule has 2 nitrogen and oxygen atoms in total. The number of aryl methyl sites for hydroxylation is 3. The van der Waals surface area contributed by atoms with E-state index < -0.39 is 0 Å². The minimum absolute atomic E-state index is 0.398. The summed E-state index contributed by atoms with van der Waals surface area (Å²) in [4.78, 5) is 0. The van der Waals surface area contributed by atoms with E-state index in [0.717, 1.165) is 19.6 Å². The number of benzene rings is 1. The first-order valence-electron chi connectivity index (χ1n) is 6.40. The van der Waals surface area contributed by atoms with Gasteiger partial charge in [-0.2, -0.15) is 0 Å². The molecule has 1 aromatic carbocycles. The molecule has 0 aliphatic heterocycles. The molecule has 17 heavy (non-hydrogen) atoms. The molecule has 0 amide bonds. The Morgan fingerprint density at radius 1 is 1.18 bits per heavy atom. The van der Waals surface area contributed by atoms with Crippen LogP contribution in [0.1, 0.15) is 29.2 Å². The van der Waals surface area contributed by atoms with Crippen molar-refractivity contribution in [1.82, 2.24) is 5.32 Å². The minimum Gasteiger partial charge on any atom is -0.380 e. The van der Waals surface area contributed by atoms with Crippen molar-refractivity contribution >= 4 is 0 Å². The lowest BCUT2D eigenvalue weighted by molar-refractivity contribution is 0.125. The first kappa shape index (κ1) is 14.2. The van der Waals surface area contributed by atoms with E-state index >= 15 is 0 Å². The molecule has 1 atom stereocenters. The zero-order chi connectivity index (χ0) is 12.8. The van der Waals surface area contributed by atoms with Gasteiger partial charge in [0.15, 0.2) is 0 Å². The predicted molar refractivity (Wildman–Crippen MR) is 73.7 cm³/mol. The molecule has 0 aliphatic rings. The Morgan fingerprint density at radius 3 is 2.24 bits per heavy atom. The second-order valence-corrected chi connectivity index (χ2v) is 4.73. The Balaban J connectivity index is 2.78. The van der Waals surface area contributed by atoms with Crippen LogP contribution in [0, 0.1) is 20.8 Å². The maximum atomic E-state index is 5.50. The molecule has 1 aromatic rings. The number of hydrogen-bond donors (Lipinski definition) is 1. The average Bonchev–Trinajstić information content (AvgIpc) is 2.27. The molecule has 0 spiro atoms. The number of likely N-dealkylation sites (N-methyl/N-ethyl adjacent to an activating group) is 1. The highest BCUT2D eigenvalue weighted by Gasteiger charge is 2.11. The van der Waals surface area contributed by atoms with Gasteiger partial charge < -0.3 is 10.1 Å². The average molecular weight is 235 g/mol. The quantitative estimate of drug-likeness (QED) is 0.818. The van der Waals surface area contributed by atoms with Gasteiger partial charge in [-0.15, -0.1) is 0 Å². The van der Waals surface area contributed by atoms with Crippen molar-refractivity contribution in [3.8, 4) is 0 Å². The fourth-order valence-corrected chi connectivity index (χ4v) is 2.28. The molecule has 0 aromatic heterocycles. The number of ether oxygens (including phenoxy) is 1. The van der Waals surface area contributed by atoms with Gasteiger partial charge in [0.05, 0.1) is 6.61 Å². The van der Waals surface area contributed by atoms with Crippen LogP contribution < -0.4 is 5.32 Å². The first-order valence-corrected chi connectivity index (χ1v) is 6.40. The van der Waals surface area contributed by atoms with Gasteiger partial charge in [-0.25, -0.2) is 0 Å². The van der Waals surface area contributed by atoms with E-state index in [-0.39, 0.29) is 0 Å². The zero-order valence-electron chi connectivity index (χ0n) is 11.8. The number of hydrogen-bond acceptors (Lipinski definition) is 2. The Morgan fingerprint density at radius 2 is 1.76 bits per heavy atom. The summed E-state index contributed by atoms with van der Waals surface area (Å²) < 4.78 is 5.50. The van der Waals surface area contributed by atoms with E-state index in [0.29, 0.717) is 6.04 Å². The van der Waals surface area contributed by atoms with Crippen LogP contribution in [0.5, 0.6) is 0 Å². The third kappa shape index (κ3) is 4.14. The van der Waals surface area contributed by atoms with Gasteiger partial charge in [-0.3, -0.25) is 0 Å². The van der Waals surface area contributed by atoms with Crippen molar-refractivity contribution in [2.75, 3.05) is 20.3 Å². The summed E-state index contributed by atoms with van der Waals surface area (Å²) >= 11 is 0. The van der Waals surface area contributed by atoms with Crippen LogP contribution in [0.3, 0.4) is 0 Å². The van der Waals surface area contributed by atoms with E-state index in [9.17, 15) is 0 Å². The van der Waals surface area contributed by atoms with E-state index in [4.69, 9.17) is 4.74 Å². The second-order valence-electron chi connectivity index (χ2n) is 4.73. The van der Waals surface area contributed by atoms with E-state index in [1.165, 1.54) is 22.3 Å². The lowest BCUT2D eigenvalue weighted by Gasteiger charge is -2.19. The van der Waals surface area contributed by atoms with Crippen LogP contribution >= 0.6 is 0 Å². The highest BCUT2D eigenvalue weighted by Crippen LogP contribution is 2.18. The normalized spacial score (nSPS) is 12.8. The summed E-state index contributed by atoms with van der Waals surface area (Å²) in [6.07, 6.45) is 1.04. The predicted octanol–water partition coefficient (Wildman–Crippen LogP) is 2.78. The SMILES string of the molecule is CCOCC(Cc1c(C)cc(C)cc1C)NC. The van der Waals surface area contributed by atoms with E-state index in [1.807, 2.05) is 14.0 Å². The fourth-order valence-electron chi connectivity index (χ4n) is 2.28. The van der Waals surface area contributed by atoms with Crippen molar-refractivity contribution in [3.63, 3.8) is 0 Å². The van der Waals surface area contributed by atoms with Crippen LogP contribution in [0.4, 0.5) is 0 Å². The largest absolute Gasteiger partial charge is 0.380 e. The second kappa shape index (κ2) is 6.77. The molecule has 1 unspecified atom stereocenters. The smallest absolute Gasteiger partial charge is 0.0622 e. The Kier molecular flexibility index (Phi) is 5.66. The third-order valence-corrected chi connectivity index (χ3v) is 3.22. The molecular weight excluding hydrogens is 210 g/mol. The van der Waals surface area contributed by atoms with Gasteiger partial charge >= 0.3 is 0 Å². The van der Waals surface area contributed by atoms with Gasteiger partial charge in [-0.05, 0) is 57.9 Å². The van der Waals surface area contributed by atoms with Crippen molar-refractivity contribution in [3.05, 3.63) is 34.4 Å². The standard InChI is InChI=1S/C15H25NO/c1-6-17-10-14(16-5)9-15-12(3)7-11(2)8-13(15)4/h7-8,14,16H,6,9-10H2,1-5H3. The molecule has 96 valence electrons. The molecule has 0 heterocycles. The van der Waals surface area contributed by atoms with Crippen LogP contribution in [0.2, 0.25) is 0 Å². The first-order chi connectivity index (χ1) is 8.08. The maximum absolute atomic E-state index is 5.50. The summed E-state index contributed by atoms with van der Waals surface area (Å²) in [5.41, 5.74) is 5.57. The van der Waals surface area contributed by atoms with Gasteiger partial charge in [0.25, 0.3) is 0 Å². The Hall–Kier alpha value is -0.860. The summed E-state index contributed by atoms with van der Waals surface area (Å²) in [5.74, 6) is 0. The van der Waals surface area contributed by atoms with Crippen molar-refractivity contribution < 1.29 is 4.74 Å². The van der Waals surface area contributed by atoms with Crippen molar-refractivity contribution in [2.24, 2.45) is 0 Å². The van der Waals surface area contributed by atoms with Gasteiger partial charge in [-0.1, -0.05) is 17.7 Å². The molecule has 0 saturated carbocycles. The number of nitrogens with one attached hydrogen (secondary N) is 1. The van der Waals surface area contributed by atoms with Gasteiger partial charge in [0.2, 0.25) is 0 Å². The summed E-state index contributed by atoms with van der Waals surface area (Å²) in [7, 11) is 2.00. The number of rotatable bonds is 6. The molecule has 1 N–H and O–H groups in total. The van der Waals surface area contributed by atoms with Crippen molar-refractivity contribution in [2.45, 2.75) is 40.2 Å². The summed E-state index contributed by atoms with van der Waals surface area (Å²) in [6, 6.07) is 4.92. The Labute approximate surface area is 105 Å². The molecule has 0 bridgehead atoms. The molecule has 0 aliphatic carbocycles. The lowest BCUT2D eigenvalue weighted by Crippen LogP contribution is -2.33. The van der Waals surface area contributed by atoms with Crippen LogP contribution in [-0.4, -0.2) is 26.3 Å². The highest BCUT2D eigenvalue weighted by atomic mass is 16.5. The minimum atomic E-state index is 0.398. The topological polar surface area (TPSA) is 21.3 Å². The maximum Gasteiger partial charge on any atom is 0.0622 e. The zero-order valence-corrected chi connectivity index (χ0v) is 11.8.